The van der Waals surface area contributed by atoms with Gasteiger partial charge >= 0.3 is 6.18 Å². The molecular formula is C14H14F3IN2. The lowest BCUT2D eigenvalue weighted by atomic mass is 10.1. The fourth-order valence-corrected chi connectivity index (χ4v) is 2.22. The van der Waals surface area contributed by atoms with E-state index >= 15 is 0 Å². The Balaban J connectivity index is 2.62. The van der Waals surface area contributed by atoms with Crippen molar-refractivity contribution >= 4 is 22.6 Å². The maximum Gasteiger partial charge on any atom is 0.435 e. The number of nitrogens with zero attached hydrogens (tertiary/aromatic N) is 2. The molecule has 1 heterocycles. The molecule has 0 saturated heterocycles. The van der Waals surface area contributed by atoms with Gasteiger partial charge in [0, 0.05) is 3.57 Å². The molecule has 2 aromatic rings. The highest BCUT2D eigenvalue weighted by atomic mass is 127. The quantitative estimate of drug-likeness (QED) is 0.628. The number of benzene rings is 1. The lowest BCUT2D eigenvalue weighted by Crippen LogP contribution is -2.24. The van der Waals surface area contributed by atoms with Crippen molar-refractivity contribution in [1.82, 2.24) is 9.78 Å². The summed E-state index contributed by atoms with van der Waals surface area (Å²) >= 11 is 2.16. The molecule has 20 heavy (non-hydrogen) atoms. The van der Waals surface area contributed by atoms with Gasteiger partial charge in [0.25, 0.3) is 0 Å². The van der Waals surface area contributed by atoms with E-state index in [4.69, 9.17) is 0 Å². The second kappa shape index (κ2) is 5.05. The third-order valence-corrected chi connectivity index (χ3v) is 3.49. The molecule has 1 aromatic heterocycles. The normalized spacial score (nSPS) is 12.8. The zero-order chi connectivity index (χ0) is 15.1. The van der Waals surface area contributed by atoms with Gasteiger partial charge in [-0.3, -0.25) is 4.68 Å². The third kappa shape index (κ3) is 3.16. The van der Waals surface area contributed by atoms with E-state index in [9.17, 15) is 13.2 Å². The Kier molecular flexibility index (Phi) is 3.88. The van der Waals surface area contributed by atoms with E-state index < -0.39 is 17.4 Å². The predicted molar refractivity (Wildman–Crippen MR) is 80.4 cm³/mol. The average Bonchev–Trinajstić information content (AvgIpc) is 2.74. The van der Waals surface area contributed by atoms with E-state index in [1.54, 1.807) is 12.1 Å². The van der Waals surface area contributed by atoms with Gasteiger partial charge in [0.05, 0.1) is 11.2 Å². The molecule has 0 aliphatic heterocycles. The van der Waals surface area contributed by atoms with Crippen molar-refractivity contribution in [2.75, 3.05) is 0 Å². The van der Waals surface area contributed by atoms with Gasteiger partial charge in [-0.25, -0.2) is 0 Å². The topological polar surface area (TPSA) is 17.8 Å². The number of rotatable bonds is 1. The van der Waals surface area contributed by atoms with E-state index in [0.717, 1.165) is 15.2 Å². The Morgan fingerprint density at radius 2 is 1.60 bits per heavy atom. The van der Waals surface area contributed by atoms with Crippen LogP contribution in [-0.2, 0) is 11.7 Å². The van der Waals surface area contributed by atoms with Crippen molar-refractivity contribution in [2.24, 2.45) is 0 Å². The Bertz CT molecular complexity index is 607. The van der Waals surface area contributed by atoms with Gasteiger partial charge < -0.3 is 0 Å². The summed E-state index contributed by atoms with van der Waals surface area (Å²) < 4.78 is 41.1. The summed E-state index contributed by atoms with van der Waals surface area (Å²) in [5, 5.41) is 3.74. The summed E-state index contributed by atoms with van der Waals surface area (Å²) in [4.78, 5) is 0. The third-order valence-electron chi connectivity index (χ3n) is 2.78. The summed E-state index contributed by atoms with van der Waals surface area (Å²) in [6, 6.07) is 8.45. The van der Waals surface area contributed by atoms with Crippen molar-refractivity contribution < 1.29 is 13.2 Å². The summed E-state index contributed by atoms with van der Waals surface area (Å²) in [5.74, 6) is 0. The molecule has 0 aliphatic rings. The molecule has 1 aromatic carbocycles. The fourth-order valence-electron chi connectivity index (χ4n) is 1.86. The van der Waals surface area contributed by atoms with Gasteiger partial charge in [0.2, 0.25) is 0 Å². The maximum atomic E-state index is 12.9. The molecule has 0 amide bonds. The molecule has 0 spiro atoms. The standard InChI is InChI=1S/C14H14F3IN2/c1-13(2,3)20-11(8-12(19-20)14(15,16)17)9-4-6-10(18)7-5-9/h4-8H,1-3H3. The van der Waals surface area contributed by atoms with Crippen molar-refractivity contribution in [3.8, 4) is 11.3 Å². The first kappa shape index (κ1) is 15.3. The van der Waals surface area contributed by atoms with Crippen molar-refractivity contribution in [1.29, 1.82) is 0 Å². The van der Waals surface area contributed by atoms with Crippen LogP contribution < -0.4 is 0 Å². The zero-order valence-corrected chi connectivity index (χ0v) is 13.5. The summed E-state index contributed by atoms with van der Waals surface area (Å²) in [7, 11) is 0. The van der Waals surface area contributed by atoms with Gasteiger partial charge in [-0.1, -0.05) is 12.1 Å². The Hall–Kier alpha value is -1.05. The molecule has 0 N–H and O–H groups in total. The molecule has 108 valence electrons. The van der Waals surface area contributed by atoms with Gasteiger partial charge in [-0.15, -0.1) is 0 Å². The molecule has 6 heteroatoms. The molecule has 0 fully saturated rings. The van der Waals surface area contributed by atoms with E-state index in [0.29, 0.717) is 5.69 Å². The highest BCUT2D eigenvalue weighted by Crippen LogP contribution is 2.34. The molecular weight excluding hydrogens is 380 g/mol. The van der Waals surface area contributed by atoms with Gasteiger partial charge in [-0.05, 0) is 67.1 Å². The second-order valence-corrected chi connectivity index (χ2v) is 6.75. The van der Waals surface area contributed by atoms with Crippen LogP contribution in [0.5, 0.6) is 0 Å². The van der Waals surface area contributed by atoms with Gasteiger partial charge in [0.1, 0.15) is 0 Å². The van der Waals surface area contributed by atoms with Crippen LogP contribution in [0, 0.1) is 3.57 Å². The monoisotopic (exact) mass is 394 g/mol. The van der Waals surface area contributed by atoms with Crippen LogP contribution in [0.4, 0.5) is 13.2 Å². The Morgan fingerprint density at radius 1 is 1.05 bits per heavy atom. The van der Waals surface area contributed by atoms with Crippen molar-refractivity contribution in [3.05, 3.63) is 39.6 Å². The predicted octanol–water partition coefficient (Wildman–Crippen LogP) is 4.93. The molecule has 0 aliphatic carbocycles. The number of hydrogen-bond donors (Lipinski definition) is 0. The lowest BCUT2D eigenvalue weighted by Gasteiger charge is -2.22. The minimum absolute atomic E-state index is 0.473. The number of alkyl halides is 3. The number of halogens is 4. The molecule has 0 saturated carbocycles. The number of aromatic nitrogens is 2. The zero-order valence-electron chi connectivity index (χ0n) is 11.3. The van der Waals surface area contributed by atoms with Crippen LogP contribution in [0.1, 0.15) is 26.5 Å². The largest absolute Gasteiger partial charge is 0.435 e. The Labute approximate surface area is 129 Å². The highest BCUT2D eigenvalue weighted by molar-refractivity contribution is 14.1. The lowest BCUT2D eigenvalue weighted by molar-refractivity contribution is -0.141. The number of hydrogen-bond acceptors (Lipinski definition) is 1. The summed E-state index contributed by atoms with van der Waals surface area (Å²) in [6.07, 6.45) is -4.44. The first-order valence-electron chi connectivity index (χ1n) is 6.03. The van der Waals surface area contributed by atoms with E-state index in [1.165, 1.54) is 4.68 Å². The van der Waals surface area contributed by atoms with E-state index in [-0.39, 0.29) is 0 Å². The first-order chi connectivity index (χ1) is 9.09. The molecule has 2 nitrogen and oxygen atoms in total. The average molecular weight is 394 g/mol. The van der Waals surface area contributed by atoms with Crippen LogP contribution in [0.3, 0.4) is 0 Å². The Morgan fingerprint density at radius 3 is 2.05 bits per heavy atom. The van der Waals surface area contributed by atoms with Crippen LogP contribution in [0.25, 0.3) is 11.3 Å². The van der Waals surface area contributed by atoms with E-state index in [2.05, 4.69) is 27.7 Å². The summed E-state index contributed by atoms with van der Waals surface area (Å²) in [6.45, 7) is 5.49. The smallest absolute Gasteiger partial charge is 0.259 e. The minimum Gasteiger partial charge on any atom is -0.259 e. The molecule has 0 unspecified atom stereocenters. The fraction of sp³-hybridized carbons (Fsp3) is 0.357. The van der Waals surface area contributed by atoms with Gasteiger partial charge in [-0.2, -0.15) is 18.3 Å². The van der Waals surface area contributed by atoms with Crippen molar-refractivity contribution in [3.63, 3.8) is 0 Å². The molecule has 0 atom stereocenters. The van der Waals surface area contributed by atoms with Crippen LogP contribution >= 0.6 is 22.6 Å². The van der Waals surface area contributed by atoms with Crippen molar-refractivity contribution in [2.45, 2.75) is 32.5 Å². The van der Waals surface area contributed by atoms with Crippen LogP contribution in [0.2, 0.25) is 0 Å². The first-order valence-corrected chi connectivity index (χ1v) is 7.10. The highest BCUT2D eigenvalue weighted by Gasteiger charge is 2.36. The van der Waals surface area contributed by atoms with E-state index in [1.807, 2.05) is 32.9 Å². The summed E-state index contributed by atoms with van der Waals surface area (Å²) in [5.41, 5.74) is -0.187. The SMILES string of the molecule is CC(C)(C)n1nc(C(F)(F)F)cc1-c1ccc(I)cc1. The second-order valence-electron chi connectivity index (χ2n) is 5.50. The molecule has 2 rings (SSSR count). The van der Waals surface area contributed by atoms with Gasteiger partial charge in [0.15, 0.2) is 5.69 Å². The maximum absolute atomic E-state index is 12.9. The van der Waals surface area contributed by atoms with Crippen LogP contribution in [0.15, 0.2) is 30.3 Å². The molecule has 0 radical (unpaired) electrons. The minimum atomic E-state index is -4.44. The van der Waals surface area contributed by atoms with Crippen LogP contribution in [-0.4, -0.2) is 9.78 Å². The molecule has 0 bridgehead atoms.